The van der Waals surface area contributed by atoms with E-state index in [1.54, 1.807) is 24.3 Å². The van der Waals surface area contributed by atoms with Crippen LogP contribution in [-0.2, 0) is 4.79 Å². The standard InChI is InChI=1S/C18H26N2O2Si/c1-18(2,3)23(4,5)13-9-12-15(16(19)21)20-17(22)14-10-7-6-8-11-14/h6-8,10-11,15H,12H2,1-5H3,(H2,19,21)(H,20,22)/t15-/m1/s1. The molecule has 4 nitrogen and oxygen atoms in total. The summed E-state index contributed by atoms with van der Waals surface area (Å²) in [4.78, 5) is 23.7. The molecule has 0 fully saturated rings. The monoisotopic (exact) mass is 330 g/mol. The molecule has 1 aromatic rings. The van der Waals surface area contributed by atoms with Crippen LogP contribution in [0.1, 0.15) is 37.6 Å². The Balaban J connectivity index is 2.79. The average Bonchev–Trinajstić information content (AvgIpc) is 2.45. The summed E-state index contributed by atoms with van der Waals surface area (Å²) in [5.41, 5.74) is 9.21. The summed E-state index contributed by atoms with van der Waals surface area (Å²) in [6.07, 6.45) is 0.237. The van der Waals surface area contributed by atoms with Crippen molar-refractivity contribution in [2.75, 3.05) is 0 Å². The van der Waals surface area contributed by atoms with Gasteiger partial charge < -0.3 is 11.1 Å². The van der Waals surface area contributed by atoms with Gasteiger partial charge in [0.15, 0.2) is 0 Å². The number of rotatable bonds is 4. The molecule has 0 aliphatic carbocycles. The molecule has 1 atom stereocenters. The van der Waals surface area contributed by atoms with Crippen molar-refractivity contribution in [2.45, 2.75) is 51.4 Å². The molecule has 0 saturated heterocycles. The highest BCUT2D eigenvalue weighted by atomic mass is 28.3. The van der Waals surface area contributed by atoms with Gasteiger partial charge in [0.25, 0.3) is 5.91 Å². The van der Waals surface area contributed by atoms with Crippen molar-refractivity contribution in [1.82, 2.24) is 5.32 Å². The lowest BCUT2D eigenvalue weighted by Crippen LogP contribution is -2.44. The van der Waals surface area contributed by atoms with Crippen LogP contribution in [0.4, 0.5) is 0 Å². The maximum absolute atomic E-state index is 12.1. The molecular formula is C18H26N2O2Si. The Hall–Kier alpha value is -2.06. The van der Waals surface area contributed by atoms with Gasteiger partial charge in [-0.2, -0.15) is 0 Å². The largest absolute Gasteiger partial charge is 0.368 e. The second-order valence-corrected chi connectivity index (χ2v) is 12.2. The van der Waals surface area contributed by atoms with E-state index in [0.29, 0.717) is 5.56 Å². The van der Waals surface area contributed by atoms with Crippen LogP contribution < -0.4 is 11.1 Å². The van der Waals surface area contributed by atoms with E-state index < -0.39 is 20.0 Å². The summed E-state index contributed by atoms with van der Waals surface area (Å²) in [6, 6.07) is 7.97. The zero-order chi connectivity index (χ0) is 17.7. The van der Waals surface area contributed by atoms with E-state index in [-0.39, 0.29) is 17.4 Å². The van der Waals surface area contributed by atoms with E-state index in [9.17, 15) is 9.59 Å². The fraction of sp³-hybridized carbons (Fsp3) is 0.444. The Labute approximate surface area is 139 Å². The lowest BCUT2D eigenvalue weighted by molar-refractivity contribution is -0.119. The molecule has 5 heteroatoms. The van der Waals surface area contributed by atoms with E-state index in [0.717, 1.165) is 0 Å². The molecule has 0 aliphatic rings. The number of benzene rings is 1. The van der Waals surface area contributed by atoms with E-state index in [1.807, 2.05) is 6.07 Å². The number of amides is 2. The van der Waals surface area contributed by atoms with Crippen molar-refractivity contribution in [3.8, 4) is 11.5 Å². The van der Waals surface area contributed by atoms with Gasteiger partial charge in [0.2, 0.25) is 5.91 Å². The molecule has 0 aromatic heterocycles. The molecule has 2 amide bonds. The predicted octanol–water partition coefficient (Wildman–Crippen LogP) is 2.71. The predicted molar refractivity (Wildman–Crippen MR) is 96.5 cm³/mol. The van der Waals surface area contributed by atoms with Crippen LogP contribution in [0, 0.1) is 11.5 Å². The number of carbonyl (C=O) groups is 2. The van der Waals surface area contributed by atoms with Crippen molar-refractivity contribution >= 4 is 19.9 Å². The molecule has 1 aromatic carbocycles. The zero-order valence-electron chi connectivity index (χ0n) is 14.6. The van der Waals surface area contributed by atoms with Crippen LogP contribution >= 0.6 is 0 Å². The van der Waals surface area contributed by atoms with Gasteiger partial charge in [-0.1, -0.05) is 52.1 Å². The number of nitrogens with one attached hydrogen (secondary N) is 1. The SMILES string of the molecule is CC(C)(C)[Si](C)(C)C#CC[C@@H](NC(=O)c1ccccc1)C(N)=O. The molecule has 1 rings (SSSR count). The molecule has 0 aliphatic heterocycles. The smallest absolute Gasteiger partial charge is 0.251 e. The van der Waals surface area contributed by atoms with Crippen LogP contribution in [0.25, 0.3) is 0 Å². The lowest BCUT2D eigenvalue weighted by Gasteiger charge is -2.31. The molecule has 0 radical (unpaired) electrons. The van der Waals surface area contributed by atoms with Crippen molar-refractivity contribution in [3.05, 3.63) is 35.9 Å². The summed E-state index contributed by atoms with van der Waals surface area (Å²) in [5.74, 6) is 2.18. The third-order valence-corrected chi connectivity index (χ3v) is 8.82. The van der Waals surface area contributed by atoms with E-state index in [1.165, 1.54) is 0 Å². The third kappa shape index (κ3) is 5.57. The van der Waals surface area contributed by atoms with E-state index in [2.05, 4.69) is 50.6 Å². The topological polar surface area (TPSA) is 72.2 Å². The van der Waals surface area contributed by atoms with Crippen LogP contribution in [0.2, 0.25) is 18.1 Å². The molecular weight excluding hydrogens is 304 g/mol. The van der Waals surface area contributed by atoms with Gasteiger partial charge in [-0.05, 0) is 17.2 Å². The van der Waals surface area contributed by atoms with E-state index in [4.69, 9.17) is 5.73 Å². The normalized spacial score (nSPS) is 12.7. The number of primary amides is 1. The summed E-state index contributed by atoms with van der Waals surface area (Å²) < 4.78 is 0. The second-order valence-electron chi connectivity index (χ2n) is 7.18. The van der Waals surface area contributed by atoms with Gasteiger partial charge in [0, 0.05) is 12.0 Å². The van der Waals surface area contributed by atoms with Crippen LogP contribution in [0.15, 0.2) is 30.3 Å². The van der Waals surface area contributed by atoms with Gasteiger partial charge >= 0.3 is 0 Å². The summed E-state index contributed by atoms with van der Waals surface area (Å²) in [7, 11) is -1.74. The third-order valence-electron chi connectivity index (χ3n) is 4.27. The fourth-order valence-electron chi connectivity index (χ4n) is 1.62. The van der Waals surface area contributed by atoms with Crippen molar-refractivity contribution in [2.24, 2.45) is 5.73 Å². The van der Waals surface area contributed by atoms with Gasteiger partial charge in [0.1, 0.15) is 14.1 Å². The van der Waals surface area contributed by atoms with Crippen molar-refractivity contribution in [3.63, 3.8) is 0 Å². The summed E-state index contributed by atoms with van der Waals surface area (Å²) in [6.45, 7) is 10.9. The highest BCUT2D eigenvalue weighted by Gasteiger charge is 2.33. The molecule has 0 bridgehead atoms. The Morgan fingerprint density at radius 3 is 2.26 bits per heavy atom. The quantitative estimate of drug-likeness (QED) is 0.658. The maximum Gasteiger partial charge on any atom is 0.251 e. The Kier molecular flexibility index (Phi) is 6.17. The molecule has 0 heterocycles. The highest BCUT2D eigenvalue weighted by Crippen LogP contribution is 2.35. The van der Waals surface area contributed by atoms with Crippen LogP contribution in [0.3, 0.4) is 0 Å². The average molecular weight is 331 g/mol. The first-order valence-corrected chi connectivity index (χ1v) is 10.7. The van der Waals surface area contributed by atoms with Crippen molar-refractivity contribution < 1.29 is 9.59 Å². The number of carbonyl (C=O) groups excluding carboxylic acids is 2. The zero-order valence-corrected chi connectivity index (χ0v) is 15.6. The van der Waals surface area contributed by atoms with Gasteiger partial charge in [-0.3, -0.25) is 9.59 Å². The minimum Gasteiger partial charge on any atom is -0.368 e. The van der Waals surface area contributed by atoms with Gasteiger partial charge in [-0.15, -0.1) is 11.5 Å². The minimum atomic E-state index is -1.74. The lowest BCUT2D eigenvalue weighted by atomic mass is 10.1. The van der Waals surface area contributed by atoms with Gasteiger partial charge in [0.05, 0.1) is 0 Å². The number of hydrogen-bond donors (Lipinski definition) is 2. The van der Waals surface area contributed by atoms with Crippen LogP contribution in [-0.4, -0.2) is 25.9 Å². The first kappa shape index (κ1) is 19.0. The van der Waals surface area contributed by atoms with E-state index >= 15 is 0 Å². The fourth-order valence-corrected chi connectivity index (χ4v) is 2.53. The molecule has 124 valence electrons. The first-order chi connectivity index (χ1) is 10.5. The summed E-state index contributed by atoms with van der Waals surface area (Å²) in [5, 5.41) is 2.81. The van der Waals surface area contributed by atoms with Gasteiger partial charge in [-0.25, -0.2) is 0 Å². The summed E-state index contributed by atoms with van der Waals surface area (Å²) >= 11 is 0. The minimum absolute atomic E-state index is 0.148. The Morgan fingerprint density at radius 1 is 1.22 bits per heavy atom. The maximum atomic E-state index is 12.1. The molecule has 0 unspecified atom stereocenters. The second kappa shape index (κ2) is 7.47. The number of hydrogen-bond acceptors (Lipinski definition) is 2. The molecule has 0 saturated carbocycles. The highest BCUT2D eigenvalue weighted by molar-refractivity contribution is 6.87. The number of nitrogens with two attached hydrogens (primary N) is 1. The molecule has 23 heavy (non-hydrogen) atoms. The van der Waals surface area contributed by atoms with Crippen molar-refractivity contribution in [1.29, 1.82) is 0 Å². The molecule has 3 N–H and O–H groups in total. The molecule has 0 spiro atoms. The Morgan fingerprint density at radius 2 is 1.78 bits per heavy atom. The first-order valence-electron chi connectivity index (χ1n) is 7.70. The van der Waals surface area contributed by atoms with Crippen LogP contribution in [0.5, 0.6) is 0 Å². The Bertz CT molecular complexity index is 622.